The topological polar surface area (TPSA) is 75.7 Å². The van der Waals surface area contributed by atoms with Gasteiger partial charge in [-0.2, -0.15) is 13.2 Å². The highest BCUT2D eigenvalue weighted by molar-refractivity contribution is 7.92. The maximum Gasteiger partial charge on any atom is 0.418 e. The number of sulfonamides is 1. The lowest BCUT2D eigenvalue weighted by atomic mass is 10.1. The van der Waals surface area contributed by atoms with Gasteiger partial charge in [-0.05, 0) is 36.8 Å². The van der Waals surface area contributed by atoms with Gasteiger partial charge in [-0.1, -0.05) is 18.2 Å². The number of para-hydroxylation sites is 1. The smallest absolute Gasteiger partial charge is 0.418 e. The van der Waals surface area contributed by atoms with Crippen molar-refractivity contribution in [3.8, 4) is 5.75 Å². The summed E-state index contributed by atoms with van der Waals surface area (Å²) in [5.74, 6) is -0.719. The van der Waals surface area contributed by atoms with Crippen LogP contribution in [0.25, 0.3) is 0 Å². The number of nitrogens with zero attached hydrogens (tertiary/aromatic N) is 1. The summed E-state index contributed by atoms with van der Waals surface area (Å²) in [5.41, 5.74) is -0.361. The normalized spacial score (nSPS) is 16.9. The summed E-state index contributed by atoms with van der Waals surface area (Å²) in [6.07, 6.45) is -4.98. The average Bonchev–Trinajstić information content (AvgIpc) is 2.59. The van der Waals surface area contributed by atoms with Crippen molar-refractivity contribution in [2.45, 2.75) is 19.2 Å². The molecule has 1 aliphatic heterocycles. The first-order valence-corrected chi connectivity index (χ1v) is 10.0. The fraction of sp³-hybridized carbons (Fsp3) is 0.278. The number of hydrogen-bond acceptors (Lipinski definition) is 4. The molecule has 1 N–H and O–H groups in total. The number of rotatable bonds is 3. The van der Waals surface area contributed by atoms with E-state index in [2.05, 4.69) is 5.32 Å². The fourth-order valence-electron chi connectivity index (χ4n) is 2.86. The number of alkyl halides is 3. The fourth-order valence-corrected chi connectivity index (χ4v) is 3.77. The molecule has 3 rings (SSSR count). The van der Waals surface area contributed by atoms with Gasteiger partial charge in [0, 0.05) is 0 Å². The second-order valence-corrected chi connectivity index (χ2v) is 8.31. The van der Waals surface area contributed by atoms with E-state index in [1.54, 1.807) is 19.1 Å². The van der Waals surface area contributed by atoms with Crippen molar-refractivity contribution in [1.29, 1.82) is 0 Å². The van der Waals surface area contributed by atoms with E-state index in [0.29, 0.717) is 0 Å². The Hall–Kier alpha value is -2.75. The minimum Gasteiger partial charge on any atom is -0.476 e. The van der Waals surface area contributed by atoms with Gasteiger partial charge in [-0.3, -0.25) is 9.10 Å². The van der Waals surface area contributed by atoms with Gasteiger partial charge in [0.1, 0.15) is 5.75 Å². The molecule has 1 amide bonds. The number of benzene rings is 2. The minimum atomic E-state index is -4.65. The van der Waals surface area contributed by atoms with Gasteiger partial charge >= 0.3 is 6.18 Å². The number of ether oxygens (including phenoxy) is 1. The van der Waals surface area contributed by atoms with E-state index in [0.717, 1.165) is 28.3 Å². The van der Waals surface area contributed by atoms with Crippen LogP contribution < -0.4 is 14.4 Å². The molecule has 1 heterocycles. The summed E-state index contributed by atoms with van der Waals surface area (Å²) in [6, 6.07) is 9.33. The Bertz CT molecular complexity index is 1020. The van der Waals surface area contributed by atoms with E-state index in [-0.39, 0.29) is 18.0 Å². The third-order valence-electron chi connectivity index (χ3n) is 4.17. The average molecular weight is 414 g/mol. The van der Waals surface area contributed by atoms with Crippen molar-refractivity contribution in [2.24, 2.45) is 0 Å². The van der Waals surface area contributed by atoms with Crippen LogP contribution in [0.5, 0.6) is 5.75 Å². The number of amides is 1. The third-order valence-corrected chi connectivity index (χ3v) is 5.31. The predicted molar refractivity (Wildman–Crippen MR) is 97.9 cm³/mol. The van der Waals surface area contributed by atoms with E-state index in [9.17, 15) is 26.4 Å². The molecule has 0 unspecified atom stereocenters. The zero-order valence-corrected chi connectivity index (χ0v) is 15.8. The lowest BCUT2D eigenvalue weighted by molar-refractivity contribution is -0.137. The molecule has 2 aromatic rings. The molecule has 2 aromatic carbocycles. The van der Waals surface area contributed by atoms with Crippen LogP contribution >= 0.6 is 0 Å². The number of carbonyl (C=O) groups is 1. The lowest BCUT2D eigenvalue weighted by Gasteiger charge is -2.34. The van der Waals surface area contributed by atoms with Gasteiger partial charge in [0.25, 0.3) is 5.91 Å². The molecule has 0 saturated carbocycles. The van der Waals surface area contributed by atoms with Crippen molar-refractivity contribution in [3.05, 3.63) is 53.6 Å². The predicted octanol–water partition coefficient (Wildman–Crippen LogP) is 3.18. The van der Waals surface area contributed by atoms with Gasteiger partial charge in [-0.25, -0.2) is 8.42 Å². The molecule has 1 aliphatic rings. The number of hydrogen-bond donors (Lipinski definition) is 1. The first kappa shape index (κ1) is 20.0. The molecule has 0 spiro atoms. The van der Waals surface area contributed by atoms with Crippen LogP contribution in [-0.2, 0) is 21.0 Å². The lowest BCUT2D eigenvalue weighted by Crippen LogP contribution is -2.48. The zero-order valence-electron chi connectivity index (χ0n) is 14.9. The number of anilines is 2. The highest BCUT2D eigenvalue weighted by atomic mass is 32.2. The van der Waals surface area contributed by atoms with Crippen LogP contribution in [0.2, 0.25) is 0 Å². The molecule has 10 heteroatoms. The number of nitrogens with one attached hydrogen (secondary N) is 1. The number of fused-ring (bicyclic) bond motifs is 1. The van der Waals surface area contributed by atoms with Crippen molar-refractivity contribution >= 4 is 27.3 Å². The molecule has 0 radical (unpaired) electrons. The quantitative estimate of drug-likeness (QED) is 0.837. The van der Waals surface area contributed by atoms with Crippen LogP contribution in [0.15, 0.2) is 42.5 Å². The minimum absolute atomic E-state index is 0.159. The van der Waals surface area contributed by atoms with Crippen molar-refractivity contribution in [2.75, 3.05) is 22.4 Å². The van der Waals surface area contributed by atoms with Crippen LogP contribution in [0.1, 0.15) is 11.1 Å². The first-order valence-electron chi connectivity index (χ1n) is 8.19. The van der Waals surface area contributed by atoms with Crippen molar-refractivity contribution in [3.63, 3.8) is 0 Å². The summed E-state index contributed by atoms with van der Waals surface area (Å²) < 4.78 is 70.3. The molecule has 0 aliphatic carbocycles. The molecule has 0 fully saturated rings. The first-order chi connectivity index (χ1) is 13.0. The Morgan fingerprint density at radius 2 is 1.89 bits per heavy atom. The van der Waals surface area contributed by atoms with E-state index in [1.807, 2.05) is 0 Å². The SMILES string of the molecule is Cc1ccc2c(c1)N(S(C)(=O)=O)C[C@H](C(=O)Nc1ccccc1C(F)(F)F)O2. The summed E-state index contributed by atoms with van der Waals surface area (Å²) in [5, 5.41) is 2.20. The molecular weight excluding hydrogens is 397 g/mol. The van der Waals surface area contributed by atoms with Crippen molar-refractivity contribution in [1.82, 2.24) is 0 Å². The van der Waals surface area contributed by atoms with Gasteiger partial charge < -0.3 is 10.1 Å². The second-order valence-electron chi connectivity index (χ2n) is 6.40. The van der Waals surface area contributed by atoms with Gasteiger partial charge in [0.05, 0.1) is 29.7 Å². The summed E-state index contributed by atoms with van der Waals surface area (Å²) >= 11 is 0. The van der Waals surface area contributed by atoms with E-state index >= 15 is 0 Å². The number of halogens is 3. The molecule has 0 aromatic heterocycles. The zero-order chi connectivity index (χ0) is 20.7. The van der Waals surface area contributed by atoms with Crippen LogP contribution in [0.3, 0.4) is 0 Å². The maximum absolute atomic E-state index is 13.1. The Morgan fingerprint density at radius 3 is 2.54 bits per heavy atom. The highest BCUT2D eigenvalue weighted by Crippen LogP contribution is 2.37. The highest BCUT2D eigenvalue weighted by Gasteiger charge is 2.37. The Morgan fingerprint density at radius 1 is 1.21 bits per heavy atom. The van der Waals surface area contributed by atoms with Crippen LogP contribution in [0.4, 0.5) is 24.5 Å². The Balaban J connectivity index is 1.91. The molecule has 6 nitrogen and oxygen atoms in total. The largest absolute Gasteiger partial charge is 0.476 e. The standard InChI is InChI=1S/C18H17F3N2O4S/c1-11-7-8-15-14(9-11)23(28(2,25)26)10-16(27-15)17(24)22-13-6-4-3-5-12(13)18(19,20)21/h3-9,16H,10H2,1-2H3,(H,22,24)/t16-/m1/s1. The summed E-state index contributed by atoms with van der Waals surface area (Å²) in [4.78, 5) is 12.6. The molecule has 0 saturated heterocycles. The second kappa shape index (κ2) is 7.01. The van der Waals surface area contributed by atoms with Crippen LogP contribution in [0, 0.1) is 6.92 Å². The Kier molecular flexibility index (Phi) is 5.00. The van der Waals surface area contributed by atoms with E-state index in [1.165, 1.54) is 18.2 Å². The van der Waals surface area contributed by atoms with Crippen LogP contribution in [-0.4, -0.2) is 33.2 Å². The molecule has 1 atom stereocenters. The summed E-state index contributed by atoms with van der Waals surface area (Å²) in [7, 11) is -3.73. The molecule has 28 heavy (non-hydrogen) atoms. The molecule has 0 bridgehead atoms. The van der Waals surface area contributed by atoms with Gasteiger partial charge in [0.2, 0.25) is 10.0 Å². The summed E-state index contributed by atoms with van der Waals surface area (Å²) in [6.45, 7) is 1.42. The number of aryl methyl sites for hydroxylation is 1. The van der Waals surface area contributed by atoms with E-state index in [4.69, 9.17) is 4.74 Å². The Labute approximate surface area is 160 Å². The van der Waals surface area contributed by atoms with Gasteiger partial charge in [-0.15, -0.1) is 0 Å². The van der Waals surface area contributed by atoms with E-state index < -0.39 is 39.5 Å². The van der Waals surface area contributed by atoms with Gasteiger partial charge in [0.15, 0.2) is 6.10 Å². The van der Waals surface area contributed by atoms with Crippen molar-refractivity contribution < 1.29 is 31.1 Å². The third kappa shape index (κ3) is 4.06. The maximum atomic E-state index is 13.1. The molecular formula is C18H17F3N2O4S. The monoisotopic (exact) mass is 414 g/mol. The number of carbonyl (C=O) groups excluding carboxylic acids is 1. The molecule has 150 valence electrons.